The zero-order valence-electron chi connectivity index (χ0n) is 13.2. The quantitative estimate of drug-likeness (QED) is 0.818. The summed E-state index contributed by atoms with van der Waals surface area (Å²) in [5, 5.41) is 19.0. The first-order valence-electron chi connectivity index (χ1n) is 7.84. The first kappa shape index (κ1) is 17.9. The second-order valence-corrected chi connectivity index (χ2v) is 7.02. The highest BCUT2D eigenvalue weighted by Crippen LogP contribution is 2.25. The third kappa shape index (κ3) is 4.32. The number of amides is 1. The van der Waals surface area contributed by atoms with E-state index in [0.29, 0.717) is 6.42 Å². The molecule has 0 aromatic heterocycles. The van der Waals surface area contributed by atoms with Crippen LogP contribution >= 0.6 is 15.9 Å². The maximum Gasteiger partial charge on any atom is 0.335 e. The lowest BCUT2D eigenvalue weighted by Crippen LogP contribution is -2.52. The number of halogens is 1. The fraction of sp³-hybridized carbons (Fsp3) is 0.529. The van der Waals surface area contributed by atoms with Crippen LogP contribution in [0.3, 0.4) is 0 Å². The van der Waals surface area contributed by atoms with E-state index in [1.54, 1.807) is 4.90 Å². The first-order chi connectivity index (χ1) is 10.9. The summed E-state index contributed by atoms with van der Waals surface area (Å²) >= 11 is 3.43. The molecule has 1 fully saturated rings. The van der Waals surface area contributed by atoms with Crippen LogP contribution in [0.4, 0.5) is 0 Å². The summed E-state index contributed by atoms with van der Waals surface area (Å²) in [5.74, 6) is -1.29. The molecule has 6 heteroatoms. The normalized spacial score (nSPS) is 18.5. The fourth-order valence-electron chi connectivity index (χ4n) is 2.92. The van der Waals surface area contributed by atoms with Gasteiger partial charge in [0.2, 0.25) is 5.91 Å². The number of hydrogen-bond acceptors (Lipinski definition) is 3. The Balaban J connectivity index is 1.99. The Labute approximate surface area is 144 Å². The molecule has 2 rings (SSSR count). The third-order valence-corrected chi connectivity index (χ3v) is 5.01. The van der Waals surface area contributed by atoms with E-state index in [9.17, 15) is 14.7 Å². The molecule has 0 bridgehead atoms. The van der Waals surface area contributed by atoms with Crippen molar-refractivity contribution < 1.29 is 19.8 Å². The van der Waals surface area contributed by atoms with Crippen LogP contribution in [-0.4, -0.2) is 45.7 Å². The lowest BCUT2D eigenvalue weighted by Gasteiger charge is -2.37. The van der Waals surface area contributed by atoms with Crippen LogP contribution in [-0.2, 0) is 16.0 Å². The number of rotatable bonds is 5. The monoisotopic (exact) mass is 383 g/mol. The summed E-state index contributed by atoms with van der Waals surface area (Å²) in [6.07, 6.45) is 1.56. The summed E-state index contributed by atoms with van der Waals surface area (Å²) in [5.41, 5.74) is -0.596. The minimum absolute atomic E-state index is 0.0416. The van der Waals surface area contributed by atoms with Crippen LogP contribution < -0.4 is 0 Å². The fourth-order valence-corrected chi connectivity index (χ4v) is 3.37. The van der Waals surface area contributed by atoms with Gasteiger partial charge in [0, 0.05) is 36.3 Å². The number of carbonyl (C=O) groups is 2. The van der Waals surface area contributed by atoms with E-state index in [1.807, 2.05) is 31.2 Å². The first-order valence-corrected chi connectivity index (χ1v) is 8.64. The molecule has 0 saturated carbocycles. The van der Waals surface area contributed by atoms with Gasteiger partial charge in [0.1, 0.15) is 0 Å². The second kappa shape index (κ2) is 7.45. The Kier molecular flexibility index (Phi) is 5.81. The van der Waals surface area contributed by atoms with E-state index >= 15 is 0 Å². The lowest BCUT2D eigenvalue weighted by molar-refractivity contribution is -0.166. The Bertz CT molecular complexity index is 582. The van der Waals surface area contributed by atoms with Crippen LogP contribution in [0.25, 0.3) is 0 Å². The smallest absolute Gasteiger partial charge is 0.335 e. The van der Waals surface area contributed by atoms with E-state index in [-0.39, 0.29) is 37.8 Å². The van der Waals surface area contributed by atoms with Crippen molar-refractivity contribution in [2.45, 2.75) is 38.2 Å². The van der Waals surface area contributed by atoms with Gasteiger partial charge in [-0.1, -0.05) is 35.0 Å². The van der Waals surface area contributed by atoms with Crippen LogP contribution in [0.1, 0.15) is 31.7 Å². The van der Waals surface area contributed by atoms with Crippen molar-refractivity contribution in [1.29, 1.82) is 0 Å². The maximum atomic E-state index is 12.7. The van der Waals surface area contributed by atoms with Gasteiger partial charge >= 0.3 is 5.97 Å². The van der Waals surface area contributed by atoms with Crippen LogP contribution in [0.2, 0.25) is 0 Å². The standard InChI is InChI=1S/C17H22BrNO4/c1-2-13(10-12-4-3-5-14(18)11-12)15(20)19-8-6-17(23,7-9-19)16(21)22/h3-5,11,13,23H,2,6-10H2,1H3,(H,21,22)/t13-/m0/s1. The Morgan fingerprint density at radius 3 is 2.52 bits per heavy atom. The summed E-state index contributed by atoms with van der Waals surface area (Å²) < 4.78 is 0.988. The van der Waals surface area contributed by atoms with Gasteiger partial charge in [0.05, 0.1) is 0 Å². The molecule has 0 unspecified atom stereocenters. The Hall–Kier alpha value is -1.40. The van der Waals surface area contributed by atoms with Crippen molar-refractivity contribution in [3.8, 4) is 0 Å². The molecular weight excluding hydrogens is 362 g/mol. The number of piperidine rings is 1. The van der Waals surface area contributed by atoms with Crippen LogP contribution in [0.5, 0.6) is 0 Å². The molecular formula is C17H22BrNO4. The largest absolute Gasteiger partial charge is 0.479 e. The molecule has 126 valence electrons. The van der Waals surface area contributed by atoms with E-state index in [4.69, 9.17) is 5.11 Å². The molecule has 1 aliphatic heterocycles. The topological polar surface area (TPSA) is 77.8 Å². The number of aliphatic hydroxyl groups is 1. The number of hydrogen-bond donors (Lipinski definition) is 2. The number of carboxylic acids is 1. The van der Waals surface area contributed by atoms with Crippen LogP contribution in [0, 0.1) is 5.92 Å². The summed E-state index contributed by atoms with van der Waals surface area (Å²) in [7, 11) is 0. The molecule has 1 saturated heterocycles. The number of carboxylic acid groups (broad SMARTS) is 1. The molecule has 1 atom stereocenters. The van der Waals surface area contributed by atoms with Gasteiger partial charge in [0.15, 0.2) is 5.60 Å². The molecule has 1 amide bonds. The van der Waals surface area contributed by atoms with Crippen molar-refractivity contribution in [3.63, 3.8) is 0 Å². The Morgan fingerprint density at radius 2 is 2.00 bits per heavy atom. The van der Waals surface area contributed by atoms with Gasteiger partial charge in [0.25, 0.3) is 0 Å². The summed E-state index contributed by atoms with van der Waals surface area (Å²) in [6, 6.07) is 7.91. The zero-order valence-corrected chi connectivity index (χ0v) is 14.8. The van der Waals surface area contributed by atoms with Crippen molar-refractivity contribution in [2.24, 2.45) is 5.92 Å². The van der Waals surface area contributed by atoms with Crippen molar-refractivity contribution in [1.82, 2.24) is 4.90 Å². The average Bonchev–Trinajstić information content (AvgIpc) is 2.52. The predicted molar refractivity (Wildman–Crippen MR) is 90.0 cm³/mol. The average molecular weight is 384 g/mol. The number of aliphatic carboxylic acids is 1. The van der Waals surface area contributed by atoms with Crippen molar-refractivity contribution >= 4 is 27.8 Å². The molecule has 1 heterocycles. The SMILES string of the molecule is CC[C@@H](Cc1cccc(Br)c1)C(=O)N1CCC(O)(C(=O)O)CC1. The zero-order chi connectivity index (χ0) is 17.0. The molecule has 1 aromatic carbocycles. The molecule has 23 heavy (non-hydrogen) atoms. The maximum absolute atomic E-state index is 12.7. The van der Waals surface area contributed by atoms with Crippen molar-refractivity contribution in [3.05, 3.63) is 34.3 Å². The number of nitrogens with zero attached hydrogens (tertiary/aromatic N) is 1. The molecule has 0 aliphatic carbocycles. The number of likely N-dealkylation sites (tertiary alicyclic amines) is 1. The van der Waals surface area contributed by atoms with Gasteiger partial charge < -0.3 is 15.1 Å². The molecule has 1 aromatic rings. The van der Waals surface area contributed by atoms with E-state index in [2.05, 4.69) is 15.9 Å². The minimum atomic E-state index is -1.69. The lowest BCUT2D eigenvalue weighted by atomic mass is 9.89. The van der Waals surface area contributed by atoms with Gasteiger partial charge in [-0.25, -0.2) is 4.79 Å². The number of benzene rings is 1. The van der Waals surface area contributed by atoms with E-state index in [1.165, 1.54) is 0 Å². The van der Waals surface area contributed by atoms with Gasteiger partial charge in [-0.05, 0) is 30.5 Å². The van der Waals surface area contributed by atoms with E-state index < -0.39 is 11.6 Å². The van der Waals surface area contributed by atoms with Crippen molar-refractivity contribution in [2.75, 3.05) is 13.1 Å². The van der Waals surface area contributed by atoms with Gasteiger partial charge in [-0.2, -0.15) is 0 Å². The van der Waals surface area contributed by atoms with E-state index in [0.717, 1.165) is 16.5 Å². The summed E-state index contributed by atoms with van der Waals surface area (Å²) in [4.78, 5) is 25.4. The third-order valence-electron chi connectivity index (χ3n) is 4.51. The molecule has 0 spiro atoms. The van der Waals surface area contributed by atoms with Gasteiger partial charge in [-0.3, -0.25) is 4.79 Å². The highest BCUT2D eigenvalue weighted by molar-refractivity contribution is 9.10. The predicted octanol–water partition coefficient (Wildman–Crippen LogP) is 2.46. The second-order valence-electron chi connectivity index (χ2n) is 6.10. The van der Waals surface area contributed by atoms with Gasteiger partial charge in [-0.15, -0.1) is 0 Å². The summed E-state index contributed by atoms with van der Waals surface area (Å²) in [6.45, 7) is 2.56. The highest BCUT2D eigenvalue weighted by Gasteiger charge is 2.41. The van der Waals surface area contributed by atoms with Crippen LogP contribution in [0.15, 0.2) is 28.7 Å². The molecule has 5 nitrogen and oxygen atoms in total. The minimum Gasteiger partial charge on any atom is -0.479 e. The molecule has 1 aliphatic rings. The highest BCUT2D eigenvalue weighted by atomic mass is 79.9. The molecule has 0 radical (unpaired) electrons. The Morgan fingerprint density at radius 1 is 1.35 bits per heavy atom. The number of carbonyl (C=O) groups excluding carboxylic acids is 1. The molecule has 2 N–H and O–H groups in total.